The summed E-state index contributed by atoms with van der Waals surface area (Å²) in [5, 5.41) is 6.16. The molecule has 1 N–H and O–H groups in total. The minimum Gasteiger partial charge on any atom is -0.369 e. The number of aromatic nitrogens is 3. The SMILES string of the molecule is CN1CCCN(c2ccc(Nc3cccc(-c4nccs4)n3)nc2)CC1.Cl.Cl.Cl. The Balaban J connectivity index is 0.00000140. The smallest absolute Gasteiger partial charge is 0.141 e. The molecule has 1 aliphatic rings. The normalized spacial score (nSPS) is 14.0. The van der Waals surface area contributed by atoms with Gasteiger partial charge in [-0.2, -0.15) is 0 Å². The fourth-order valence-corrected chi connectivity index (χ4v) is 3.66. The molecule has 0 bridgehead atoms. The third-order valence-corrected chi connectivity index (χ3v) is 5.28. The number of nitrogens with one attached hydrogen (secondary N) is 1. The zero-order valence-corrected chi connectivity index (χ0v) is 19.3. The average molecular weight is 476 g/mol. The second-order valence-electron chi connectivity index (χ2n) is 6.42. The van der Waals surface area contributed by atoms with Crippen LogP contribution in [-0.4, -0.2) is 53.1 Å². The van der Waals surface area contributed by atoms with Crippen molar-refractivity contribution in [1.82, 2.24) is 19.9 Å². The summed E-state index contributed by atoms with van der Waals surface area (Å²) >= 11 is 1.58. The molecule has 158 valence electrons. The maximum Gasteiger partial charge on any atom is 0.141 e. The Morgan fingerprint density at radius 2 is 1.79 bits per heavy atom. The number of hydrogen-bond acceptors (Lipinski definition) is 7. The predicted octanol–water partition coefficient (Wildman–Crippen LogP) is 4.75. The van der Waals surface area contributed by atoms with Gasteiger partial charge in [-0.05, 0) is 44.3 Å². The van der Waals surface area contributed by atoms with Crippen molar-refractivity contribution >= 4 is 65.9 Å². The highest BCUT2D eigenvalue weighted by atomic mass is 35.5. The molecule has 6 nitrogen and oxygen atoms in total. The van der Waals surface area contributed by atoms with Gasteiger partial charge < -0.3 is 15.1 Å². The highest BCUT2D eigenvalue weighted by Gasteiger charge is 2.13. The number of nitrogens with zero attached hydrogens (tertiary/aromatic N) is 5. The molecule has 1 fully saturated rings. The number of likely N-dealkylation sites (N-methyl/N-ethyl adjacent to an activating group) is 1. The summed E-state index contributed by atoms with van der Waals surface area (Å²) in [6.07, 6.45) is 4.92. The summed E-state index contributed by atoms with van der Waals surface area (Å²) in [4.78, 5) is 18.3. The van der Waals surface area contributed by atoms with Gasteiger partial charge in [-0.15, -0.1) is 48.6 Å². The Kier molecular flexibility index (Phi) is 10.6. The summed E-state index contributed by atoms with van der Waals surface area (Å²) in [6, 6.07) is 10.0. The first-order chi connectivity index (χ1) is 12.8. The van der Waals surface area contributed by atoms with Crippen LogP contribution in [0.15, 0.2) is 48.1 Å². The Morgan fingerprint density at radius 1 is 0.931 bits per heavy atom. The molecule has 10 heteroatoms. The molecule has 3 aromatic heterocycles. The number of thiazole rings is 1. The maximum atomic E-state index is 4.62. The van der Waals surface area contributed by atoms with E-state index in [9.17, 15) is 0 Å². The van der Waals surface area contributed by atoms with E-state index in [1.807, 2.05) is 35.8 Å². The Labute approximate surface area is 194 Å². The molecule has 0 saturated carbocycles. The first-order valence-corrected chi connectivity index (χ1v) is 9.69. The molecule has 4 rings (SSSR count). The number of rotatable bonds is 4. The van der Waals surface area contributed by atoms with Gasteiger partial charge in [0.15, 0.2) is 0 Å². The molecule has 0 amide bonds. The molecular weight excluding hydrogens is 451 g/mol. The monoisotopic (exact) mass is 474 g/mol. The molecule has 29 heavy (non-hydrogen) atoms. The summed E-state index contributed by atoms with van der Waals surface area (Å²) in [7, 11) is 2.18. The van der Waals surface area contributed by atoms with Gasteiger partial charge in [0.2, 0.25) is 0 Å². The lowest BCUT2D eigenvalue weighted by molar-refractivity contribution is 0.360. The molecule has 1 aliphatic heterocycles. The second kappa shape index (κ2) is 12.1. The van der Waals surface area contributed by atoms with Crippen LogP contribution in [0.5, 0.6) is 0 Å². The first-order valence-electron chi connectivity index (χ1n) is 8.81. The van der Waals surface area contributed by atoms with Gasteiger partial charge in [-0.25, -0.2) is 15.0 Å². The van der Waals surface area contributed by atoms with Crippen molar-refractivity contribution in [2.75, 3.05) is 43.4 Å². The average Bonchev–Trinajstić information content (AvgIpc) is 3.12. The van der Waals surface area contributed by atoms with Gasteiger partial charge in [0.05, 0.1) is 11.9 Å². The van der Waals surface area contributed by atoms with Crippen molar-refractivity contribution in [2.45, 2.75) is 6.42 Å². The van der Waals surface area contributed by atoms with E-state index in [1.165, 1.54) is 12.1 Å². The highest BCUT2D eigenvalue weighted by molar-refractivity contribution is 7.13. The lowest BCUT2D eigenvalue weighted by Crippen LogP contribution is -2.28. The van der Waals surface area contributed by atoms with Crippen LogP contribution in [0.3, 0.4) is 0 Å². The van der Waals surface area contributed by atoms with Crippen molar-refractivity contribution in [3.8, 4) is 10.7 Å². The molecule has 1 saturated heterocycles. The van der Waals surface area contributed by atoms with E-state index in [-0.39, 0.29) is 37.2 Å². The van der Waals surface area contributed by atoms with Crippen molar-refractivity contribution in [3.05, 3.63) is 48.1 Å². The molecule has 4 heterocycles. The number of anilines is 3. The topological polar surface area (TPSA) is 57.2 Å². The van der Waals surface area contributed by atoms with Gasteiger partial charge in [-0.3, -0.25) is 0 Å². The molecular formula is C19H25Cl3N6S. The van der Waals surface area contributed by atoms with Crippen LogP contribution in [-0.2, 0) is 0 Å². The number of hydrogen-bond donors (Lipinski definition) is 1. The zero-order chi connectivity index (χ0) is 17.8. The lowest BCUT2D eigenvalue weighted by atomic mass is 10.3. The number of halogens is 3. The third kappa shape index (κ3) is 6.69. The second-order valence-corrected chi connectivity index (χ2v) is 7.31. The van der Waals surface area contributed by atoms with E-state index < -0.39 is 0 Å². The van der Waals surface area contributed by atoms with Crippen molar-refractivity contribution in [3.63, 3.8) is 0 Å². The molecule has 3 aromatic rings. The number of pyridine rings is 2. The third-order valence-electron chi connectivity index (χ3n) is 4.49. The predicted molar refractivity (Wildman–Crippen MR) is 129 cm³/mol. The molecule has 0 aromatic carbocycles. The van der Waals surface area contributed by atoms with Crippen LogP contribution in [0.25, 0.3) is 10.7 Å². The minimum absolute atomic E-state index is 0. The summed E-state index contributed by atoms with van der Waals surface area (Å²) in [5.74, 6) is 1.57. The van der Waals surface area contributed by atoms with Crippen LogP contribution in [0.4, 0.5) is 17.3 Å². The van der Waals surface area contributed by atoms with Crippen LogP contribution < -0.4 is 10.2 Å². The van der Waals surface area contributed by atoms with E-state index in [1.54, 1.807) is 17.5 Å². The summed E-state index contributed by atoms with van der Waals surface area (Å²) in [5.41, 5.74) is 2.05. The largest absolute Gasteiger partial charge is 0.369 e. The van der Waals surface area contributed by atoms with Crippen LogP contribution in [0, 0.1) is 0 Å². The zero-order valence-electron chi connectivity index (χ0n) is 16.0. The Bertz CT molecular complexity index is 847. The molecule has 0 aliphatic carbocycles. The fourth-order valence-electron chi connectivity index (χ4n) is 3.06. The molecule has 0 unspecified atom stereocenters. The van der Waals surface area contributed by atoms with E-state index in [4.69, 9.17) is 0 Å². The van der Waals surface area contributed by atoms with E-state index in [0.717, 1.165) is 48.5 Å². The summed E-state index contributed by atoms with van der Waals surface area (Å²) < 4.78 is 0. The van der Waals surface area contributed by atoms with Crippen LogP contribution in [0.2, 0.25) is 0 Å². The maximum absolute atomic E-state index is 4.62. The Hall–Kier alpha value is -1.64. The van der Waals surface area contributed by atoms with Crippen molar-refractivity contribution < 1.29 is 0 Å². The van der Waals surface area contributed by atoms with E-state index in [0.29, 0.717) is 0 Å². The molecule has 0 radical (unpaired) electrons. The highest BCUT2D eigenvalue weighted by Crippen LogP contribution is 2.23. The minimum atomic E-state index is 0. The molecule has 0 spiro atoms. The fraction of sp³-hybridized carbons (Fsp3) is 0.316. The van der Waals surface area contributed by atoms with Gasteiger partial charge >= 0.3 is 0 Å². The Morgan fingerprint density at radius 3 is 2.52 bits per heavy atom. The quantitative estimate of drug-likeness (QED) is 0.587. The van der Waals surface area contributed by atoms with Crippen molar-refractivity contribution in [2.24, 2.45) is 0 Å². The van der Waals surface area contributed by atoms with Gasteiger partial charge in [0.1, 0.15) is 22.3 Å². The first kappa shape index (κ1) is 25.4. The molecule has 0 atom stereocenters. The van der Waals surface area contributed by atoms with Crippen molar-refractivity contribution in [1.29, 1.82) is 0 Å². The van der Waals surface area contributed by atoms with Crippen LogP contribution in [0.1, 0.15) is 6.42 Å². The lowest BCUT2D eigenvalue weighted by Gasteiger charge is -2.22. The van der Waals surface area contributed by atoms with Gasteiger partial charge in [-0.1, -0.05) is 6.07 Å². The standard InChI is InChI=1S/C19H22N6S.3ClH/c1-24-9-3-10-25(12-11-24)15-6-7-17(21-14-15)23-18-5-2-4-16(22-18)19-20-8-13-26-19;;;/h2,4-8,13-14H,3,9-12H2,1H3,(H,21,22,23);3*1H. The summed E-state index contributed by atoms with van der Waals surface area (Å²) in [6.45, 7) is 4.37. The van der Waals surface area contributed by atoms with E-state index in [2.05, 4.69) is 43.2 Å². The van der Waals surface area contributed by atoms with Crippen LogP contribution >= 0.6 is 48.6 Å². The van der Waals surface area contributed by atoms with Gasteiger partial charge in [0.25, 0.3) is 0 Å². The van der Waals surface area contributed by atoms with E-state index >= 15 is 0 Å². The van der Waals surface area contributed by atoms with Gasteiger partial charge in [0, 0.05) is 31.2 Å².